The number of oxazole rings is 1. The van der Waals surface area contributed by atoms with Gasteiger partial charge in [-0.05, 0) is 19.2 Å². The highest BCUT2D eigenvalue weighted by Crippen LogP contribution is 2.23. The average Bonchev–Trinajstić information content (AvgIpc) is 2.72. The lowest BCUT2D eigenvalue weighted by atomic mass is 10.2. The predicted octanol–water partition coefficient (Wildman–Crippen LogP) is 2.58. The Morgan fingerprint density at radius 2 is 2.12 bits per heavy atom. The first-order valence-electron chi connectivity index (χ1n) is 5.99. The van der Waals surface area contributed by atoms with Gasteiger partial charge in [0.05, 0.1) is 0 Å². The first-order valence-corrected chi connectivity index (χ1v) is 5.99. The summed E-state index contributed by atoms with van der Waals surface area (Å²) in [6.07, 6.45) is 0. The normalized spacial score (nSPS) is 11.3. The van der Waals surface area contributed by atoms with Crippen LogP contribution < -0.4 is 10.6 Å². The highest BCUT2D eigenvalue weighted by Gasteiger charge is 2.09. The molecule has 2 N–H and O–H groups in total. The minimum absolute atomic E-state index is 0.322. The average molecular weight is 233 g/mol. The number of nitrogens with zero attached hydrogens (tertiary/aromatic N) is 1. The summed E-state index contributed by atoms with van der Waals surface area (Å²) in [6, 6.07) is 6.03. The summed E-state index contributed by atoms with van der Waals surface area (Å²) in [5.41, 5.74) is 2.84. The molecule has 2 rings (SSSR count). The van der Waals surface area contributed by atoms with E-state index < -0.39 is 0 Å². The van der Waals surface area contributed by atoms with Gasteiger partial charge in [0.1, 0.15) is 5.52 Å². The second-order valence-corrected chi connectivity index (χ2v) is 4.42. The molecule has 0 saturated heterocycles. The minimum atomic E-state index is 0.322. The first-order chi connectivity index (χ1) is 8.20. The number of rotatable bonds is 5. The molecule has 0 spiro atoms. The summed E-state index contributed by atoms with van der Waals surface area (Å²) >= 11 is 0. The molecule has 0 saturated carbocycles. The largest absolute Gasteiger partial charge is 0.440 e. The van der Waals surface area contributed by atoms with Crippen molar-refractivity contribution in [1.82, 2.24) is 10.3 Å². The van der Waals surface area contributed by atoms with Gasteiger partial charge in [-0.3, -0.25) is 0 Å². The molecule has 0 unspecified atom stereocenters. The Morgan fingerprint density at radius 3 is 2.82 bits per heavy atom. The number of nitrogens with one attached hydrogen (secondary N) is 2. The Balaban J connectivity index is 2.18. The van der Waals surface area contributed by atoms with Crippen molar-refractivity contribution >= 4 is 16.8 Å². The second-order valence-electron chi connectivity index (χ2n) is 4.42. The zero-order valence-electron chi connectivity index (χ0n) is 10.6. The zero-order valence-corrected chi connectivity index (χ0v) is 10.6. The van der Waals surface area contributed by atoms with E-state index in [-0.39, 0.29) is 0 Å². The topological polar surface area (TPSA) is 50.1 Å². The Bertz CT molecular complexity index is 490. The number of anilines is 1. The molecule has 1 aromatic heterocycles. The molecule has 0 bridgehead atoms. The first kappa shape index (κ1) is 11.9. The van der Waals surface area contributed by atoms with Gasteiger partial charge < -0.3 is 15.1 Å². The standard InChI is InChI=1S/C13H19N3O/c1-9(2)13-16-11-5-4-10(8-12(11)17-13)15-7-6-14-3/h4-5,8-9,14-15H,6-7H2,1-3H3. The number of hydrogen-bond acceptors (Lipinski definition) is 4. The molecule has 0 aliphatic heterocycles. The van der Waals surface area contributed by atoms with E-state index in [0.717, 1.165) is 35.8 Å². The van der Waals surface area contributed by atoms with Crippen LogP contribution in [0.15, 0.2) is 22.6 Å². The van der Waals surface area contributed by atoms with E-state index in [9.17, 15) is 0 Å². The number of hydrogen-bond donors (Lipinski definition) is 2. The molecular formula is C13H19N3O. The predicted molar refractivity (Wildman–Crippen MR) is 70.5 cm³/mol. The van der Waals surface area contributed by atoms with Crippen LogP contribution in [0.4, 0.5) is 5.69 Å². The van der Waals surface area contributed by atoms with Crippen LogP contribution in [0.25, 0.3) is 11.1 Å². The van der Waals surface area contributed by atoms with Crippen molar-refractivity contribution in [3.8, 4) is 0 Å². The van der Waals surface area contributed by atoms with Crippen molar-refractivity contribution in [2.75, 3.05) is 25.5 Å². The van der Waals surface area contributed by atoms with Crippen LogP contribution in [0.2, 0.25) is 0 Å². The fraction of sp³-hybridized carbons (Fsp3) is 0.462. The van der Waals surface area contributed by atoms with Gasteiger partial charge in [0.25, 0.3) is 0 Å². The van der Waals surface area contributed by atoms with Crippen LogP contribution >= 0.6 is 0 Å². The Hall–Kier alpha value is -1.55. The number of benzene rings is 1. The van der Waals surface area contributed by atoms with Crippen LogP contribution in [0.5, 0.6) is 0 Å². The Labute approximate surface area is 101 Å². The van der Waals surface area contributed by atoms with E-state index in [2.05, 4.69) is 29.5 Å². The van der Waals surface area contributed by atoms with Gasteiger partial charge in [-0.2, -0.15) is 0 Å². The Morgan fingerprint density at radius 1 is 1.29 bits per heavy atom. The molecule has 4 heteroatoms. The maximum absolute atomic E-state index is 5.71. The van der Waals surface area contributed by atoms with Gasteiger partial charge in [-0.1, -0.05) is 13.8 Å². The molecule has 0 amide bonds. The van der Waals surface area contributed by atoms with Crippen LogP contribution in [-0.2, 0) is 0 Å². The van der Waals surface area contributed by atoms with Gasteiger partial charge in [0.2, 0.25) is 0 Å². The van der Waals surface area contributed by atoms with Gasteiger partial charge in [-0.25, -0.2) is 4.98 Å². The number of aromatic nitrogens is 1. The highest BCUT2D eigenvalue weighted by atomic mass is 16.3. The van der Waals surface area contributed by atoms with E-state index in [0.29, 0.717) is 5.92 Å². The summed E-state index contributed by atoms with van der Waals surface area (Å²) in [7, 11) is 1.94. The molecule has 0 fully saturated rings. The molecular weight excluding hydrogens is 214 g/mol. The van der Waals surface area contributed by atoms with E-state index in [1.807, 2.05) is 25.2 Å². The van der Waals surface area contributed by atoms with Crippen molar-refractivity contribution in [2.24, 2.45) is 0 Å². The second kappa shape index (κ2) is 5.19. The summed E-state index contributed by atoms with van der Waals surface area (Å²) in [5, 5.41) is 6.42. The fourth-order valence-corrected chi connectivity index (χ4v) is 1.63. The molecule has 0 aliphatic rings. The summed E-state index contributed by atoms with van der Waals surface area (Å²) < 4.78 is 5.71. The lowest BCUT2D eigenvalue weighted by Crippen LogP contribution is -2.17. The van der Waals surface area contributed by atoms with Gasteiger partial charge in [-0.15, -0.1) is 0 Å². The lowest BCUT2D eigenvalue weighted by Gasteiger charge is -2.04. The zero-order chi connectivity index (χ0) is 12.3. The van der Waals surface area contributed by atoms with E-state index in [1.165, 1.54) is 0 Å². The molecule has 1 aromatic carbocycles. The van der Waals surface area contributed by atoms with Crippen LogP contribution in [-0.4, -0.2) is 25.1 Å². The van der Waals surface area contributed by atoms with E-state index in [1.54, 1.807) is 0 Å². The molecule has 17 heavy (non-hydrogen) atoms. The highest BCUT2D eigenvalue weighted by molar-refractivity contribution is 5.77. The van der Waals surface area contributed by atoms with Crippen LogP contribution in [0.1, 0.15) is 25.7 Å². The van der Waals surface area contributed by atoms with Crippen molar-refractivity contribution < 1.29 is 4.42 Å². The molecule has 4 nitrogen and oxygen atoms in total. The Kier molecular flexibility index (Phi) is 3.64. The monoisotopic (exact) mass is 233 g/mol. The van der Waals surface area contributed by atoms with Crippen LogP contribution in [0, 0.1) is 0 Å². The van der Waals surface area contributed by atoms with Crippen molar-refractivity contribution in [3.63, 3.8) is 0 Å². The van der Waals surface area contributed by atoms with Gasteiger partial charge >= 0.3 is 0 Å². The maximum atomic E-state index is 5.71. The summed E-state index contributed by atoms with van der Waals surface area (Å²) in [5.74, 6) is 1.12. The summed E-state index contributed by atoms with van der Waals surface area (Å²) in [6.45, 7) is 5.99. The maximum Gasteiger partial charge on any atom is 0.198 e. The molecule has 1 heterocycles. The molecule has 0 radical (unpaired) electrons. The third kappa shape index (κ3) is 2.77. The number of fused-ring (bicyclic) bond motifs is 1. The third-order valence-corrected chi connectivity index (χ3v) is 2.60. The fourth-order valence-electron chi connectivity index (χ4n) is 1.63. The quantitative estimate of drug-likeness (QED) is 0.779. The van der Waals surface area contributed by atoms with Gasteiger partial charge in [0, 0.05) is 30.8 Å². The van der Waals surface area contributed by atoms with Crippen molar-refractivity contribution in [1.29, 1.82) is 0 Å². The van der Waals surface area contributed by atoms with Gasteiger partial charge in [0.15, 0.2) is 11.5 Å². The molecule has 92 valence electrons. The molecule has 2 aromatic rings. The third-order valence-electron chi connectivity index (χ3n) is 2.60. The van der Waals surface area contributed by atoms with E-state index in [4.69, 9.17) is 4.42 Å². The SMILES string of the molecule is CNCCNc1ccc2nc(C(C)C)oc2c1. The minimum Gasteiger partial charge on any atom is -0.440 e. The smallest absolute Gasteiger partial charge is 0.198 e. The van der Waals surface area contributed by atoms with Crippen LogP contribution in [0.3, 0.4) is 0 Å². The van der Waals surface area contributed by atoms with Crippen molar-refractivity contribution in [2.45, 2.75) is 19.8 Å². The number of likely N-dealkylation sites (N-methyl/N-ethyl adjacent to an activating group) is 1. The van der Waals surface area contributed by atoms with E-state index >= 15 is 0 Å². The summed E-state index contributed by atoms with van der Waals surface area (Å²) in [4.78, 5) is 4.44. The lowest BCUT2D eigenvalue weighted by molar-refractivity contribution is 0.501. The molecule has 0 atom stereocenters. The molecule has 0 aliphatic carbocycles. The van der Waals surface area contributed by atoms with Crippen molar-refractivity contribution in [3.05, 3.63) is 24.1 Å².